The van der Waals surface area contributed by atoms with Crippen LogP contribution in [0, 0.1) is 20.8 Å². The lowest BCUT2D eigenvalue weighted by Crippen LogP contribution is -2.44. The molecule has 0 radical (unpaired) electrons. The molecule has 1 saturated heterocycles. The molecule has 3 heterocycles. The number of amides is 2. The molecule has 158 valence electrons. The van der Waals surface area contributed by atoms with E-state index in [1.165, 1.54) is 5.56 Å². The van der Waals surface area contributed by atoms with Gasteiger partial charge in [-0.1, -0.05) is 35.5 Å². The Hall–Kier alpha value is -3.16. The van der Waals surface area contributed by atoms with Gasteiger partial charge in [0.15, 0.2) is 5.82 Å². The minimum Gasteiger partial charge on any atom is -0.339 e. The first kappa shape index (κ1) is 20.1. The summed E-state index contributed by atoms with van der Waals surface area (Å²) < 4.78 is 7.31. The van der Waals surface area contributed by atoms with E-state index in [1.54, 1.807) is 0 Å². The molecule has 2 aromatic heterocycles. The highest BCUT2D eigenvalue weighted by Gasteiger charge is 2.28. The van der Waals surface area contributed by atoms with E-state index in [2.05, 4.69) is 39.6 Å². The number of carbonyl (C=O) groups is 1. The SMILES string of the molecule is Cc1noc(C2CCCN(C(=O)NCc3c(C)nn(Cc4ccccc4)c3C)C2)n1. The third-order valence-corrected chi connectivity index (χ3v) is 5.72. The van der Waals surface area contributed by atoms with Crippen molar-refractivity contribution in [3.05, 3.63) is 64.6 Å². The Morgan fingerprint density at radius 2 is 2.03 bits per heavy atom. The van der Waals surface area contributed by atoms with Gasteiger partial charge in [0.2, 0.25) is 5.89 Å². The monoisotopic (exact) mass is 408 g/mol. The molecule has 0 bridgehead atoms. The molecule has 0 aliphatic carbocycles. The summed E-state index contributed by atoms with van der Waals surface area (Å²) in [5.41, 5.74) is 4.30. The summed E-state index contributed by atoms with van der Waals surface area (Å²) in [4.78, 5) is 19.0. The Kier molecular flexibility index (Phi) is 5.83. The van der Waals surface area contributed by atoms with Gasteiger partial charge in [-0.2, -0.15) is 10.1 Å². The van der Waals surface area contributed by atoms with Gasteiger partial charge >= 0.3 is 6.03 Å². The Morgan fingerprint density at radius 1 is 1.23 bits per heavy atom. The van der Waals surface area contributed by atoms with Gasteiger partial charge in [0, 0.05) is 30.9 Å². The van der Waals surface area contributed by atoms with Crippen LogP contribution in [0.15, 0.2) is 34.9 Å². The van der Waals surface area contributed by atoms with E-state index in [4.69, 9.17) is 4.52 Å². The number of nitrogens with zero attached hydrogens (tertiary/aromatic N) is 5. The van der Waals surface area contributed by atoms with Crippen molar-refractivity contribution in [3.8, 4) is 0 Å². The van der Waals surface area contributed by atoms with E-state index in [1.807, 2.05) is 41.6 Å². The van der Waals surface area contributed by atoms with Crippen molar-refractivity contribution < 1.29 is 9.32 Å². The molecular weight excluding hydrogens is 380 g/mol. The average molecular weight is 409 g/mol. The second-order valence-corrected chi connectivity index (χ2v) is 7.92. The number of rotatable bonds is 5. The van der Waals surface area contributed by atoms with Crippen LogP contribution in [0.2, 0.25) is 0 Å². The maximum absolute atomic E-state index is 12.8. The molecule has 2 amide bonds. The molecule has 0 spiro atoms. The standard InChI is InChI=1S/C22H28N6O2/c1-15-20(16(2)28(25-15)13-18-8-5-4-6-9-18)12-23-22(29)27-11-7-10-19(14-27)21-24-17(3)26-30-21/h4-6,8-9,19H,7,10-14H2,1-3H3,(H,23,29). The second-order valence-electron chi connectivity index (χ2n) is 7.92. The first-order chi connectivity index (χ1) is 14.5. The normalized spacial score (nSPS) is 16.6. The largest absolute Gasteiger partial charge is 0.339 e. The molecule has 1 N–H and O–H groups in total. The molecule has 1 unspecified atom stereocenters. The van der Waals surface area contributed by atoms with Crippen LogP contribution in [-0.2, 0) is 13.1 Å². The van der Waals surface area contributed by atoms with Crippen LogP contribution >= 0.6 is 0 Å². The first-order valence-corrected chi connectivity index (χ1v) is 10.4. The minimum atomic E-state index is -0.0643. The fraction of sp³-hybridized carbons (Fsp3) is 0.455. The van der Waals surface area contributed by atoms with Gasteiger partial charge in [0.1, 0.15) is 0 Å². The maximum atomic E-state index is 12.8. The molecule has 1 aromatic carbocycles. The van der Waals surface area contributed by atoms with E-state index in [-0.39, 0.29) is 11.9 Å². The molecule has 30 heavy (non-hydrogen) atoms. The molecule has 3 aromatic rings. The van der Waals surface area contributed by atoms with E-state index < -0.39 is 0 Å². The van der Waals surface area contributed by atoms with Crippen molar-refractivity contribution in [1.82, 2.24) is 30.1 Å². The van der Waals surface area contributed by atoms with E-state index in [0.29, 0.717) is 24.8 Å². The summed E-state index contributed by atoms with van der Waals surface area (Å²) in [6.07, 6.45) is 1.88. The number of nitrogens with one attached hydrogen (secondary N) is 1. The highest BCUT2D eigenvalue weighted by molar-refractivity contribution is 5.74. The Labute approximate surface area is 176 Å². The molecule has 1 aliphatic rings. The zero-order valence-corrected chi connectivity index (χ0v) is 17.8. The number of carbonyl (C=O) groups excluding carboxylic acids is 1. The fourth-order valence-electron chi connectivity index (χ4n) is 4.02. The van der Waals surface area contributed by atoms with E-state index in [0.717, 1.165) is 42.9 Å². The van der Waals surface area contributed by atoms with Crippen LogP contribution in [0.5, 0.6) is 0 Å². The summed E-state index contributed by atoms with van der Waals surface area (Å²) in [6, 6.07) is 10.2. The van der Waals surface area contributed by atoms with Crippen LogP contribution in [0.3, 0.4) is 0 Å². The molecule has 4 rings (SSSR count). The van der Waals surface area contributed by atoms with Crippen molar-refractivity contribution in [2.24, 2.45) is 0 Å². The maximum Gasteiger partial charge on any atom is 0.317 e. The highest BCUT2D eigenvalue weighted by atomic mass is 16.5. The van der Waals surface area contributed by atoms with Gasteiger partial charge in [-0.05, 0) is 39.2 Å². The summed E-state index contributed by atoms with van der Waals surface area (Å²) in [7, 11) is 0. The van der Waals surface area contributed by atoms with Crippen LogP contribution in [-0.4, -0.2) is 43.9 Å². The van der Waals surface area contributed by atoms with Gasteiger partial charge in [0.25, 0.3) is 0 Å². The quantitative estimate of drug-likeness (QED) is 0.699. The van der Waals surface area contributed by atoms with Crippen LogP contribution < -0.4 is 5.32 Å². The first-order valence-electron chi connectivity index (χ1n) is 10.4. The van der Waals surface area contributed by atoms with Crippen LogP contribution in [0.25, 0.3) is 0 Å². The smallest absolute Gasteiger partial charge is 0.317 e. The van der Waals surface area contributed by atoms with Crippen LogP contribution in [0.1, 0.15) is 53.0 Å². The lowest BCUT2D eigenvalue weighted by molar-refractivity contribution is 0.171. The summed E-state index contributed by atoms with van der Waals surface area (Å²) in [5, 5.41) is 11.6. The highest BCUT2D eigenvalue weighted by Crippen LogP contribution is 2.25. The van der Waals surface area contributed by atoms with Crippen molar-refractivity contribution in [1.29, 1.82) is 0 Å². The van der Waals surface area contributed by atoms with Crippen molar-refractivity contribution in [3.63, 3.8) is 0 Å². The average Bonchev–Trinajstić information content (AvgIpc) is 3.30. The molecule has 8 nitrogen and oxygen atoms in total. The van der Waals surface area contributed by atoms with Crippen molar-refractivity contribution >= 4 is 6.03 Å². The number of piperidine rings is 1. The Balaban J connectivity index is 1.37. The van der Waals surface area contributed by atoms with Gasteiger partial charge in [0.05, 0.1) is 18.2 Å². The predicted molar refractivity (Wildman–Crippen MR) is 112 cm³/mol. The summed E-state index contributed by atoms with van der Waals surface area (Å²) in [5.74, 6) is 1.35. The number of aryl methyl sites for hydroxylation is 2. The Morgan fingerprint density at radius 3 is 2.77 bits per heavy atom. The molecular formula is C22H28N6O2. The molecule has 0 saturated carbocycles. The van der Waals surface area contributed by atoms with Gasteiger partial charge in [-0.3, -0.25) is 4.68 Å². The Bertz CT molecular complexity index is 1010. The van der Waals surface area contributed by atoms with E-state index in [9.17, 15) is 4.79 Å². The number of urea groups is 1. The fourth-order valence-corrected chi connectivity index (χ4v) is 4.02. The predicted octanol–water partition coefficient (Wildman–Crippen LogP) is 3.33. The summed E-state index contributed by atoms with van der Waals surface area (Å²) in [6.45, 7) is 8.37. The van der Waals surface area contributed by atoms with E-state index >= 15 is 0 Å². The lowest BCUT2D eigenvalue weighted by Gasteiger charge is -2.31. The van der Waals surface area contributed by atoms with Crippen molar-refractivity contribution in [2.75, 3.05) is 13.1 Å². The zero-order chi connectivity index (χ0) is 21.1. The summed E-state index contributed by atoms with van der Waals surface area (Å²) >= 11 is 0. The number of aromatic nitrogens is 4. The van der Waals surface area contributed by atoms with Gasteiger partial charge < -0.3 is 14.7 Å². The van der Waals surface area contributed by atoms with Gasteiger partial charge in [-0.25, -0.2) is 4.79 Å². The van der Waals surface area contributed by atoms with Crippen LogP contribution in [0.4, 0.5) is 4.79 Å². The zero-order valence-electron chi connectivity index (χ0n) is 17.8. The third-order valence-electron chi connectivity index (χ3n) is 5.72. The third kappa shape index (κ3) is 4.37. The second kappa shape index (κ2) is 8.69. The van der Waals surface area contributed by atoms with Crippen molar-refractivity contribution in [2.45, 2.75) is 52.6 Å². The lowest BCUT2D eigenvalue weighted by atomic mass is 9.98. The number of hydrogen-bond acceptors (Lipinski definition) is 5. The topological polar surface area (TPSA) is 89.1 Å². The number of likely N-dealkylation sites (tertiary alicyclic amines) is 1. The van der Waals surface area contributed by atoms with Gasteiger partial charge in [-0.15, -0.1) is 0 Å². The molecule has 8 heteroatoms. The molecule has 1 atom stereocenters. The molecule has 1 aliphatic heterocycles. The number of hydrogen-bond donors (Lipinski definition) is 1. The number of benzene rings is 1. The molecule has 1 fully saturated rings. The minimum absolute atomic E-state index is 0.0643.